The summed E-state index contributed by atoms with van der Waals surface area (Å²) < 4.78 is 13.6. The second-order valence-electron chi connectivity index (χ2n) is 19.2. The quantitative estimate of drug-likeness (QED) is 0.142. The largest absolute Gasteiger partial charge is 0.454 e. The van der Waals surface area contributed by atoms with Crippen LogP contribution in [0.5, 0.6) is 0 Å². The molecule has 4 nitrogen and oxygen atoms in total. The third kappa shape index (κ3) is 6.69. The fraction of sp³-hybridized carbons (Fsp3) is 0. The molecule has 0 atom stereocenters. The molecule has 0 spiro atoms. The fourth-order valence-electron chi connectivity index (χ4n) is 11.6. The van der Waals surface area contributed by atoms with Crippen molar-refractivity contribution in [2.45, 2.75) is 0 Å². The van der Waals surface area contributed by atoms with E-state index in [0.29, 0.717) is 0 Å². The molecule has 2 aromatic heterocycles. The lowest BCUT2D eigenvalue weighted by molar-refractivity contribution is 0.668. The first-order valence-corrected chi connectivity index (χ1v) is 25.2. The Bertz CT molecular complexity index is 4390. The zero-order chi connectivity index (χ0) is 48.7. The Balaban J connectivity index is 1.02. The monoisotopic (exact) mass is 944 g/mol. The molecule has 0 saturated carbocycles. The molecule has 0 bridgehead atoms. The molecule has 4 heteroatoms. The first kappa shape index (κ1) is 41.8. The van der Waals surface area contributed by atoms with Crippen molar-refractivity contribution >= 4 is 121 Å². The summed E-state index contributed by atoms with van der Waals surface area (Å²) in [5, 5.41) is 13.7. The molecule has 0 aliphatic rings. The van der Waals surface area contributed by atoms with Crippen molar-refractivity contribution in [2.24, 2.45) is 0 Å². The lowest BCUT2D eigenvalue weighted by atomic mass is 9.85. The second kappa shape index (κ2) is 16.9. The van der Waals surface area contributed by atoms with Crippen LogP contribution in [0.15, 0.2) is 276 Å². The number of para-hydroxylation sites is 4. The van der Waals surface area contributed by atoms with Gasteiger partial charge in [-0.15, -0.1) is 0 Å². The summed E-state index contributed by atoms with van der Waals surface area (Å²) in [6.07, 6.45) is 0. The molecule has 2 heterocycles. The highest BCUT2D eigenvalue weighted by atomic mass is 16.3. The fourth-order valence-corrected chi connectivity index (χ4v) is 11.6. The highest BCUT2D eigenvalue weighted by molar-refractivity contribution is 6.23. The minimum atomic E-state index is 0.843. The van der Waals surface area contributed by atoms with E-state index >= 15 is 0 Å². The number of anilines is 6. The Kier molecular flexibility index (Phi) is 9.54. The van der Waals surface area contributed by atoms with Crippen molar-refractivity contribution in [3.05, 3.63) is 267 Å². The maximum atomic E-state index is 6.81. The summed E-state index contributed by atoms with van der Waals surface area (Å²) in [4.78, 5) is 4.75. The molecule has 0 N–H and O–H groups in total. The number of hydrogen-bond acceptors (Lipinski definition) is 4. The van der Waals surface area contributed by atoms with Crippen LogP contribution < -0.4 is 9.80 Å². The van der Waals surface area contributed by atoms with Crippen molar-refractivity contribution in [2.75, 3.05) is 9.80 Å². The first-order valence-electron chi connectivity index (χ1n) is 25.2. The summed E-state index contributed by atoms with van der Waals surface area (Å²) in [6.45, 7) is 0. The first-order chi connectivity index (χ1) is 36.7. The van der Waals surface area contributed by atoms with E-state index in [1.807, 2.05) is 12.1 Å². The average molecular weight is 945 g/mol. The van der Waals surface area contributed by atoms with Gasteiger partial charge in [-0.25, -0.2) is 0 Å². The smallest absolute Gasteiger partial charge is 0.159 e. The van der Waals surface area contributed by atoms with E-state index in [-0.39, 0.29) is 0 Å². The van der Waals surface area contributed by atoms with Gasteiger partial charge in [0.25, 0.3) is 0 Å². The van der Waals surface area contributed by atoms with E-state index in [2.05, 4.69) is 265 Å². The van der Waals surface area contributed by atoms with Gasteiger partial charge in [-0.05, 0) is 138 Å². The molecule has 0 unspecified atom stereocenters. The Hall–Kier alpha value is -9.90. The van der Waals surface area contributed by atoms with E-state index in [0.717, 1.165) is 111 Å². The van der Waals surface area contributed by atoms with Gasteiger partial charge in [0.05, 0.1) is 11.4 Å². The lowest BCUT2D eigenvalue weighted by Crippen LogP contribution is -2.11. The zero-order valence-electron chi connectivity index (χ0n) is 40.1. The Morgan fingerprint density at radius 3 is 1.05 bits per heavy atom. The average Bonchev–Trinajstić information content (AvgIpc) is 4.05. The van der Waals surface area contributed by atoms with Crippen molar-refractivity contribution in [1.82, 2.24) is 0 Å². The van der Waals surface area contributed by atoms with Crippen LogP contribution in [0.25, 0.3) is 109 Å². The van der Waals surface area contributed by atoms with Crippen LogP contribution >= 0.6 is 0 Å². The molecule has 13 aromatic carbocycles. The molecule has 74 heavy (non-hydrogen) atoms. The van der Waals surface area contributed by atoms with Gasteiger partial charge in [0, 0.05) is 44.3 Å². The molecule has 15 rings (SSSR count). The Labute approximate surface area is 426 Å². The maximum Gasteiger partial charge on any atom is 0.159 e. The van der Waals surface area contributed by atoms with Crippen molar-refractivity contribution < 1.29 is 8.83 Å². The van der Waals surface area contributed by atoms with Gasteiger partial charge in [0.1, 0.15) is 11.2 Å². The number of nitrogens with zero attached hydrogens (tertiary/aromatic N) is 2. The molecule has 0 radical (unpaired) electrons. The second-order valence-corrected chi connectivity index (χ2v) is 19.2. The summed E-state index contributed by atoms with van der Waals surface area (Å²) in [7, 11) is 0. The summed E-state index contributed by atoms with van der Waals surface area (Å²) in [6, 6.07) is 96.2. The SMILES string of the molecule is c1ccc(-c2c3ccc(N(c4ccc5ccccc5c4)c4cccc5c4oc4ccccc45)cc3c(-c3ccccc3)c3ccc(N(c4ccc5ccccc5c4)c4cccc5c4oc4ccccc45)cc23)cc1. The van der Waals surface area contributed by atoms with Gasteiger partial charge < -0.3 is 18.6 Å². The van der Waals surface area contributed by atoms with Crippen molar-refractivity contribution in [1.29, 1.82) is 0 Å². The molecular formula is C70H44N2O2. The predicted octanol–water partition coefficient (Wildman–Crippen LogP) is 20.4. The van der Waals surface area contributed by atoms with Gasteiger partial charge in [0.15, 0.2) is 11.2 Å². The summed E-state index contributed by atoms with van der Waals surface area (Å²) in [5.74, 6) is 0. The minimum Gasteiger partial charge on any atom is -0.454 e. The number of furan rings is 2. The van der Waals surface area contributed by atoms with Gasteiger partial charge in [-0.3, -0.25) is 0 Å². The van der Waals surface area contributed by atoms with Crippen LogP contribution in [-0.4, -0.2) is 0 Å². The molecule has 346 valence electrons. The Morgan fingerprint density at radius 1 is 0.230 bits per heavy atom. The van der Waals surface area contributed by atoms with Crippen LogP contribution in [0.4, 0.5) is 34.1 Å². The summed E-state index contributed by atoms with van der Waals surface area (Å²) in [5.41, 5.74) is 14.1. The van der Waals surface area contributed by atoms with Crippen LogP contribution in [-0.2, 0) is 0 Å². The number of rotatable bonds is 8. The molecule has 15 aromatic rings. The van der Waals surface area contributed by atoms with Crippen molar-refractivity contribution in [3.63, 3.8) is 0 Å². The number of hydrogen-bond donors (Lipinski definition) is 0. The standard InChI is InChI=1S/C70H44N2O2/c1-3-19-47(20-4-1)67-57-39-37-54(72(52-36-34-46-18-8-10-24-50(46)42-52)64-30-16-28-60-56-26-12-14-32-66(56)74-70(60)64)44-62(57)68(48-21-5-2-6-22-48)58-40-38-53(43-61(58)67)71(51-35-33-45-17-7-9-23-49(45)41-51)63-29-15-27-59-55-25-11-13-31-65(55)73-69(59)63/h1-44H. The lowest BCUT2D eigenvalue weighted by Gasteiger charge is -2.28. The summed E-state index contributed by atoms with van der Waals surface area (Å²) >= 11 is 0. The number of fused-ring (bicyclic) bond motifs is 10. The van der Waals surface area contributed by atoms with E-state index in [1.165, 1.54) is 32.7 Å². The van der Waals surface area contributed by atoms with Crippen LogP contribution in [0.2, 0.25) is 0 Å². The molecule has 0 fully saturated rings. The molecule has 0 saturated heterocycles. The van der Waals surface area contributed by atoms with Gasteiger partial charge >= 0.3 is 0 Å². The van der Waals surface area contributed by atoms with Crippen LogP contribution in [0.3, 0.4) is 0 Å². The third-order valence-corrected chi connectivity index (χ3v) is 15.0. The van der Waals surface area contributed by atoms with Gasteiger partial charge in [0.2, 0.25) is 0 Å². The zero-order valence-corrected chi connectivity index (χ0v) is 40.1. The minimum absolute atomic E-state index is 0.843. The van der Waals surface area contributed by atoms with Crippen LogP contribution in [0.1, 0.15) is 0 Å². The predicted molar refractivity (Wildman–Crippen MR) is 311 cm³/mol. The maximum absolute atomic E-state index is 6.81. The highest BCUT2D eigenvalue weighted by Gasteiger charge is 2.25. The van der Waals surface area contributed by atoms with Crippen LogP contribution in [0, 0.1) is 0 Å². The molecular weight excluding hydrogens is 901 g/mol. The van der Waals surface area contributed by atoms with E-state index in [4.69, 9.17) is 8.83 Å². The molecule has 0 aliphatic carbocycles. The highest BCUT2D eigenvalue weighted by Crippen LogP contribution is 2.50. The van der Waals surface area contributed by atoms with Crippen molar-refractivity contribution in [3.8, 4) is 22.3 Å². The van der Waals surface area contributed by atoms with E-state index in [9.17, 15) is 0 Å². The third-order valence-electron chi connectivity index (χ3n) is 15.0. The van der Waals surface area contributed by atoms with Gasteiger partial charge in [-0.1, -0.05) is 194 Å². The topological polar surface area (TPSA) is 32.8 Å². The Morgan fingerprint density at radius 2 is 0.595 bits per heavy atom. The number of benzene rings is 13. The van der Waals surface area contributed by atoms with Gasteiger partial charge in [-0.2, -0.15) is 0 Å². The van der Waals surface area contributed by atoms with E-state index < -0.39 is 0 Å². The van der Waals surface area contributed by atoms with E-state index in [1.54, 1.807) is 0 Å². The molecule has 0 amide bonds. The normalized spacial score (nSPS) is 11.8. The molecule has 0 aliphatic heterocycles.